The molecule has 1 atom stereocenters. The van der Waals surface area contributed by atoms with Crippen LogP contribution in [0.5, 0.6) is 0 Å². The van der Waals surface area contributed by atoms with Gasteiger partial charge in [0, 0.05) is 37.8 Å². The highest BCUT2D eigenvalue weighted by Crippen LogP contribution is 2.17. The quantitative estimate of drug-likeness (QED) is 0.782. The molecule has 3 rings (SSSR count). The molecule has 1 aliphatic heterocycles. The second kappa shape index (κ2) is 9.16. The topological polar surface area (TPSA) is 32.8 Å². The van der Waals surface area contributed by atoms with Crippen molar-refractivity contribution in [3.05, 3.63) is 70.8 Å². The summed E-state index contributed by atoms with van der Waals surface area (Å²) in [6.45, 7) is 11.1. The summed E-state index contributed by atoms with van der Waals surface area (Å²) in [5.41, 5.74) is 4.18. The maximum atomic E-state index is 13.4. The molecular weight excluding hydrogens is 336 g/mol. The van der Waals surface area contributed by atoms with Gasteiger partial charge in [0.1, 0.15) is 0 Å². The van der Waals surface area contributed by atoms with Crippen LogP contribution in [0.1, 0.15) is 34.0 Å². The maximum Gasteiger partial charge on any atom is 0.254 e. The number of carbonyl (C=O) groups is 1. The van der Waals surface area contributed by atoms with Gasteiger partial charge >= 0.3 is 0 Å². The number of nitrogens with zero attached hydrogens (tertiary/aromatic N) is 2. The van der Waals surface area contributed by atoms with E-state index in [1.807, 2.05) is 49.1 Å². The SMILES string of the molecule is Cc1cc(C)cc(C(=O)N(Cc2ccccc2)C(C)CN2CCOCC2)c1. The second-order valence-corrected chi connectivity index (χ2v) is 7.56. The third-order valence-corrected chi connectivity index (χ3v) is 5.08. The Bertz CT molecular complexity index is 734. The van der Waals surface area contributed by atoms with Crippen LogP contribution >= 0.6 is 0 Å². The Morgan fingerprint density at radius 2 is 1.70 bits per heavy atom. The van der Waals surface area contributed by atoms with Crippen molar-refractivity contribution >= 4 is 5.91 Å². The standard InChI is InChI=1S/C23H30N2O2/c1-18-13-19(2)15-22(14-18)23(26)25(17-21-7-5-4-6-8-21)20(3)16-24-9-11-27-12-10-24/h4-8,13-15,20H,9-12,16-17H2,1-3H3. The largest absolute Gasteiger partial charge is 0.379 e. The van der Waals surface area contributed by atoms with Crippen molar-refractivity contribution in [3.8, 4) is 0 Å². The van der Waals surface area contributed by atoms with Crippen LogP contribution in [0.15, 0.2) is 48.5 Å². The van der Waals surface area contributed by atoms with E-state index in [9.17, 15) is 4.79 Å². The second-order valence-electron chi connectivity index (χ2n) is 7.56. The molecule has 4 heteroatoms. The molecule has 1 saturated heterocycles. The van der Waals surface area contributed by atoms with E-state index in [1.54, 1.807) is 0 Å². The average molecular weight is 367 g/mol. The first-order chi connectivity index (χ1) is 13.0. The first-order valence-corrected chi connectivity index (χ1v) is 9.76. The predicted octanol–water partition coefficient (Wildman–Crippen LogP) is 3.67. The smallest absolute Gasteiger partial charge is 0.254 e. The van der Waals surface area contributed by atoms with E-state index >= 15 is 0 Å². The number of amides is 1. The van der Waals surface area contributed by atoms with Crippen molar-refractivity contribution in [1.29, 1.82) is 0 Å². The van der Waals surface area contributed by atoms with E-state index in [2.05, 4.69) is 30.0 Å². The van der Waals surface area contributed by atoms with Crippen molar-refractivity contribution in [2.75, 3.05) is 32.8 Å². The molecule has 2 aromatic carbocycles. The van der Waals surface area contributed by atoms with Crippen LogP contribution in [0, 0.1) is 13.8 Å². The minimum atomic E-state index is 0.103. The van der Waals surface area contributed by atoms with Crippen LogP contribution in [-0.2, 0) is 11.3 Å². The lowest BCUT2D eigenvalue weighted by molar-refractivity contribution is 0.0228. The Hall–Kier alpha value is -2.17. The summed E-state index contributed by atoms with van der Waals surface area (Å²) >= 11 is 0. The summed E-state index contributed by atoms with van der Waals surface area (Å²) in [6.07, 6.45) is 0. The Kier molecular flexibility index (Phi) is 6.64. The summed E-state index contributed by atoms with van der Waals surface area (Å²) in [7, 11) is 0. The molecule has 0 spiro atoms. The number of hydrogen-bond acceptors (Lipinski definition) is 3. The Morgan fingerprint density at radius 1 is 1.07 bits per heavy atom. The number of carbonyl (C=O) groups excluding carboxylic acids is 1. The molecule has 0 bridgehead atoms. The van der Waals surface area contributed by atoms with Crippen molar-refractivity contribution in [2.45, 2.75) is 33.4 Å². The number of ether oxygens (including phenoxy) is 1. The molecule has 144 valence electrons. The third-order valence-electron chi connectivity index (χ3n) is 5.08. The highest BCUT2D eigenvalue weighted by Gasteiger charge is 2.24. The molecule has 1 unspecified atom stereocenters. The monoisotopic (exact) mass is 366 g/mol. The average Bonchev–Trinajstić information content (AvgIpc) is 2.66. The van der Waals surface area contributed by atoms with Crippen LogP contribution in [0.4, 0.5) is 0 Å². The van der Waals surface area contributed by atoms with Crippen molar-refractivity contribution in [2.24, 2.45) is 0 Å². The molecule has 1 heterocycles. The summed E-state index contributed by atoms with van der Waals surface area (Å²) in [6, 6.07) is 16.5. The number of benzene rings is 2. The molecule has 0 aromatic heterocycles. The molecule has 0 saturated carbocycles. The van der Waals surface area contributed by atoms with E-state index in [-0.39, 0.29) is 11.9 Å². The van der Waals surface area contributed by atoms with E-state index in [1.165, 1.54) is 0 Å². The molecule has 1 fully saturated rings. The highest BCUT2D eigenvalue weighted by atomic mass is 16.5. The Labute approximate surface area is 162 Å². The summed E-state index contributed by atoms with van der Waals surface area (Å²) in [5.74, 6) is 0.103. The summed E-state index contributed by atoms with van der Waals surface area (Å²) < 4.78 is 5.46. The van der Waals surface area contributed by atoms with Gasteiger partial charge in [-0.3, -0.25) is 9.69 Å². The zero-order valence-corrected chi connectivity index (χ0v) is 16.6. The van der Waals surface area contributed by atoms with Gasteiger partial charge in [0.2, 0.25) is 0 Å². The predicted molar refractivity (Wildman–Crippen MR) is 109 cm³/mol. The van der Waals surface area contributed by atoms with Gasteiger partial charge in [-0.15, -0.1) is 0 Å². The number of aryl methyl sites for hydroxylation is 2. The molecule has 27 heavy (non-hydrogen) atoms. The third kappa shape index (κ3) is 5.41. The fraction of sp³-hybridized carbons (Fsp3) is 0.435. The molecule has 1 aliphatic rings. The number of rotatable bonds is 6. The van der Waals surface area contributed by atoms with Crippen LogP contribution in [0.25, 0.3) is 0 Å². The maximum absolute atomic E-state index is 13.4. The number of morpholine rings is 1. The molecule has 0 aliphatic carbocycles. The Balaban J connectivity index is 1.82. The normalized spacial score (nSPS) is 16.1. The van der Waals surface area contributed by atoms with Gasteiger partial charge in [-0.05, 0) is 38.5 Å². The lowest BCUT2D eigenvalue weighted by atomic mass is 10.0. The fourth-order valence-corrected chi connectivity index (χ4v) is 3.73. The van der Waals surface area contributed by atoms with Gasteiger partial charge < -0.3 is 9.64 Å². The van der Waals surface area contributed by atoms with Gasteiger partial charge in [0.05, 0.1) is 13.2 Å². The number of hydrogen-bond donors (Lipinski definition) is 0. The first-order valence-electron chi connectivity index (χ1n) is 9.76. The highest BCUT2D eigenvalue weighted by molar-refractivity contribution is 5.94. The summed E-state index contributed by atoms with van der Waals surface area (Å²) in [5, 5.41) is 0. The molecule has 4 nitrogen and oxygen atoms in total. The van der Waals surface area contributed by atoms with Crippen molar-refractivity contribution in [3.63, 3.8) is 0 Å². The first kappa shape index (κ1) is 19.6. The van der Waals surface area contributed by atoms with E-state index in [0.29, 0.717) is 6.54 Å². The van der Waals surface area contributed by atoms with Crippen molar-refractivity contribution < 1.29 is 9.53 Å². The van der Waals surface area contributed by atoms with Gasteiger partial charge in [-0.2, -0.15) is 0 Å². The molecular formula is C23H30N2O2. The fourth-order valence-electron chi connectivity index (χ4n) is 3.73. The van der Waals surface area contributed by atoms with Crippen molar-refractivity contribution in [1.82, 2.24) is 9.80 Å². The molecule has 0 N–H and O–H groups in total. The van der Waals surface area contributed by atoms with Gasteiger partial charge in [-0.25, -0.2) is 0 Å². The van der Waals surface area contributed by atoms with Crippen LogP contribution in [0.3, 0.4) is 0 Å². The van der Waals surface area contributed by atoms with Crippen LogP contribution in [-0.4, -0.2) is 54.6 Å². The van der Waals surface area contributed by atoms with Gasteiger partial charge in [0.25, 0.3) is 5.91 Å². The lowest BCUT2D eigenvalue weighted by Crippen LogP contribution is -2.48. The molecule has 2 aromatic rings. The zero-order chi connectivity index (χ0) is 19.2. The zero-order valence-electron chi connectivity index (χ0n) is 16.6. The minimum Gasteiger partial charge on any atom is -0.379 e. The van der Waals surface area contributed by atoms with Gasteiger partial charge in [-0.1, -0.05) is 47.5 Å². The minimum absolute atomic E-state index is 0.103. The van der Waals surface area contributed by atoms with E-state index < -0.39 is 0 Å². The van der Waals surface area contributed by atoms with E-state index in [4.69, 9.17) is 4.74 Å². The molecule has 0 radical (unpaired) electrons. The molecule has 1 amide bonds. The van der Waals surface area contributed by atoms with Crippen LogP contribution < -0.4 is 0 Å². The lowest BCUT2D eigenvalue weighted by Gasteiger charge is -2.35. The summed E-state index contributed by atoms with van der Waals surface area (Å²) in [4.78, 5) is 17.8. The van der Waals surface area contributed by atoms with Crippen LogP contribution in [0.2, 0.25) is 0 Å². The van der Waals surface area contributed by atoms with E-state index in [0.717, 1.165) is 55.1 Å². The van der Waals surface area contributed by atoms with Gasteiger partial charge in [0.15, 0.2) is 0 Å². The Morgan fingerprint density at radius 3 is 2.33 bits per heavy atom.